The van der Waals surface area contributed by atoms with Crippen molar-refractivity contribution in [3.8, 4) is 34.9 Å². The molecule has 126 heavy (non-hydrogen) atoms. The molecule has 16 rings (SSSR count). The summed E-state index contributed by atoms with van der Waals surface area (Å²) in [6.45, 7) is 22.0. The number of esters is 2. The second kappa shape index (κ2) is 45.9. The molecule has 4 aliphatic heterocycles. The van der Waals surface area contributed by atoms with Crippen LogP contribution in [0.3, 0.4) is 0 Å². The molecule has 45 heteroatoms. The van der Waals surface area contributed by atoms with Crippen LogP contribution in [0.15, 0.2) is 74.0 Å². The van der Waals surface area contributed by atoms with E-state index in [1.54, 1.807) is 90.7 Å². The summed E-state index contributed by atoms with van der Waals surface area (Å²) >= 11 is 0. The molecule has 3 aliphatic carbocycles. The van der Waals surface area contributed by atoms with Crippen molar-refractivity contribution in [3.05, 3.63) is 130 Å². The maximum Gasteiger partial charge on any atom is 1.00 e. The van der Waals surface area contributed by atoms with E-state index in [0.29, 0.717) is 112 Å². The minimum absolute atomic E-state index is 0. The number of amides is 3. The molecular weight excluding hydrogens is 1920 g/mol. The van der Waals surface area contributed by atoms with Crippen molar-refractivity contribution in [2.24, 2.45) is 23.7 Å². The number of carbonyl (C=O) groups excluding carboxylic acids is 6. The van der Waals surface area contributed by atoms with Gasteiger partial charge in [0, 0.05) is 22.6 Å². The number of alkyl halides is 1. The van der Waals surface area contributed by atoms with Gasteiger partial charge in [0.15, 0.2) is 45.8 Å². The summed E-state index contributed by atoms with van der Waals surface area (Å²) in [6, 6.07) is 2.87. The molecule has 9 aromatic rings. The van der Waals surface area contributed by atoms with E-state index in [4.69, 9.17) is 68.8 Å². The van der Waals surface area contributed by atoms with Crippen molar-refractivity contribution in [2.45, 2.75) is 182 Å². The third-order valence-electron chi connectivity index (χ3n) is 19.5. The van der Waals surface area contributed by atoms with E-state index in [1.165, 1.54) is 48.1 Å². The maximum atomic E-state index is 14.5. The van der Waals surface area contributed by atoms with E-state index in [1.807, 2.05) is 13.1 Å². The molecule has 6 atom stereocenters. The molecule has 9 aromatic heterocycles. The monoisotopic (exact) mass is 2020 g/mol. The van der Waals surface area contributed by atoms with Crippen LogP contribution in [-0.4, -0.2) is 211 Å². The molecule has 13 heterocycles. The molecule has 0 spiro atoms. The molecule has 38 nitrogen and oxygen atoms in total. The number of halogens is 4. The maximum absolute atomic E-state index is 14.5. The molecule has 2 bridgehead atoms. The Morgan fingerprint density at radius 2 is 1.14 bits per heavy atom. The summed E-state index contributed by atoms with van der Waals surface area (Å²) < 4.78 is 145. The number of nitrogens with zero attached hydrogens (tertiary/aromatic N) is 14. The van der Waals surface area contributed by atoms with Crippen molar-refractivity contribution in [2.75, 3.05) is 76.1 Å². The predicted molar refractivity (Wildman–Crippen MR) is 432 cm³/mol. The first-order valence-electron chi connectivity index (χ1n) is 40.7. The zero-order valence-corrected chi connectivity index (χ0v) is 85.8. The summed E-state index contributed by atoms with van der Waals surface area (Å²) in [5, 5.41) is 29.3. The standard InChI is InChI=1S/C28H35FN6O6.C21H21FN6O3.C15H23FN2O6S.C15H17N3O3.CH3F.CH2O3.2Cs.2H/c1-6-38-26(36)20-11-31-35-13-22-24(33-23(20)35)34(21(15-39-22)17-7-8-17)12-18-9-19(29)10-30-25(18)40-14-16(2)32-27(37)41-28(3,4)5;1-11-9-31-21-13(4-14(22)5-23-21)7-27-16(12-2-3-12)10-30-17-8-28-18(26-19(17)27)15(6-24-28)20(29)25-11;1-10(18-14(19)24-15(2,3)4)8-22-13-11(6-12(16)7-17-13)9-23-25(5,20)21;1-2-20-15(19)11-6-16-18-7-13-12(17-14(11)18)5-10(8-21-13)9-3-4-9;1-2;2-1-4-3;;;;/h9-11,13,16-17,21H,6-8,12,14-15H2,1-5H3,(H,32,37);4-6,8,11-12,16H,2-3,7,9-10H2,1H3,(H,25,29);6-7,10H,8-9H2,1-5H3,(H,18,19);6-7,9-10H,2-5,8H2,1H3;1H3;1,3H;;;;/q;;;;;;2*+1;2*-1/p-1/t16-,21+;11-,16+;2*10-;;;;;;/m1110....../s1/i;;;;1D;;;;1+1;. The molecule has 0 aromatic carbocycles. The first-order valence-corrected chi connectivity index (χ1v) is 41.8. The van der Waals surface area contributed by atoms with Gasteiger partial charge in [-0.1, -0.05) is 0 Å². The number of ether oxygens (including phenoxy) is 10. The third kappa shape index (κ3) is 28.4. The summed E-state index contributed by atoms with van der Waals surface area (Å²) in [4.78, 5) is 103. The second-order valence-corrected chi connectivity index (χ2v) is 33.7. The normalized spacial score (nSPS) is 17.8. The number of fused-ring (bicyclic) bond motifs is 5. The van der Waals surface area contributed by atoms with Crippen LogP contribution in [0.25, 0.3) is 16.9 Å². The average molecular weight is 2030 g/mol. The van der Waals surface area contributed by atoms with Gasteiger partial charge in [0.25, 0.3) is 22.5 Å². The van der Waals surface area contributed by atoms with Crippen LogP contribution >= 0.6 is 0 Å². The van der Waals surface area contributed by atoms with Crippen LogP contribution in [0.1, 0.15) is 172 Å². The molecule has 3 amide bonds. The summed E-state index contributed by atoms with van der Waals surface area (Å²) in [7, 11) is -4.70. The van der Waals surface area contributed by atoms with Crippen LogP contribution in [0.2, 0.25) is 0 Å². The number of hydrogen-bond acceptors (Lipinski definition) is 32. The smallest absolute Gasteiger partial charge is 1.00 e. The van der Waals surface area contributed by atoms with Crippen molar-refractivity contribution in [1.82, 2.24) is 74.7 Å². The molecule has 0 unspecified atom stereocenters. The zero-order valence-electron chi connectivity index (χ0n) is 75.4. The Labute approximate surface area is 845 Å². The molecule has 3 saturated carbocycles. The van der Waals surface area contributed by atoms with Gasteiger partial charge in [0.05, 0.1) is 146 Å². The molecule has 3 fully saturated rings. The predicted octanol–water partition coefficient (Wildman–Crippen LogP) is 2.97. The van der Waals surface area contributed by atoms with E-state index >= 15 is 0 Å². The van der Waals surface area contributed by atoms with Gasteiger partial charge in [-0.05, 0) is 157 Å². The van der Waals surface area contributed by atoms with E-state index in [9.17, 15) is 50.0 Å². The number of carbonyl (C=O) groups is 6. The zero-order chi connectivity index (χ0) is 90.2. The Morgan fingerprint density at radius 1 is 0.667 bits per heavy atom. The fourth-order valence-corrected chi connectivity index (χ4v) is 13.9. The molecular formula is C81H102Cs2F4N17O21S-. The summed E-state index contributed by atoms with van der Waals surface area (Å²) in [5.41, 5.74) is 3.31. The van der Waals surface area contributed by atoms with Crippen LogP contribution < -0.4 is 197 Å². The van der Waals surface area contributed by atoms with Crippen molar-refractivity contribution >= 4 is 75.2 Å². The quantitative estimate of drug-likeness (QED) is 0.0177. The van der Waals surface area contributed by atoms with E-state index < -0.39 is 82.8 Å². The van der Waals surface area contributed by atoms with Gasteiger partial charge < -0.3 is 86.1 Å². The van der Waals surface area contributed by atoms with Crippen LogP contribution in [0.4, 0.5) is 38.8 Å². The number of anilines is 2. The largest absolute Gasteiger partial charge is 1.00 e. The number of nitrogens with one attached hydrogen (secondary N) is 3. The molecule has 0 radical (unpaired) electrons. The topological polar surface area (TPSA) is 442 Å². The number of hydrogen-bond donors (Lipinski definition) is 3. The minimum Gasteiger partial charge on any atom is -1.00 e. The Kier molecular flexibility index (Phi) is 36.4. The fraction of sp³-hybridized carbons (Fsp3) is 0.519. The van der Waals surface area contributed by atoms with Gasteiger partial charge in [-0.3, -0.25) is 18.2 Å². The average Bonchev–Trinajstić information content (AvgIpc) is 1.63. The van der Waals surface area contributed by atoms with Crippen LogP contribution in [0, 0.1) is 41.1 Å². The Hall–Kier alpha value is -8.18. The molecule has 674 valence electrons. The van der Waals surface area contributed by atoms with E-state index in [-0.39, 0.29) is 233 Å². The van der Waals surface area contributed by atoms with Gasteiger partial charge >= 0.3 is 162 Å². The molecule has 3 N–H and O–H groups in total. The SMILES string of the molecule is CCOC(=O)c1cnn2cc3c(nc12)C[C@H](C1CC1)CO3.CCOC(=O)c1cnn2cc3c(nc12)N(Cc1cc(F)cnc1OC[C@@H](C)NC(=O)OC(C)(C)C)[C@H](C1CC1)CO3.C[C@@H]1COc2ncc(F)cc2CN2c3nc4c(cnn4cc3OC[C@H]2C2CC2)C(=O)N1.C[C@H](COc1ncc(F)cc1COS(C)(=O)=O)NC(=O)OC(C)(C)C.O=CO[O-].[2H-].[2H]CF.[Cs+].[Cs+].[H-]. The van der Waals surface area contributed by atoms with Gasteiger partial charge in [-0.15, -0.1) is 0 Å². The van der Waals surface area contributed by atoms with Gasteiger partial charge in [-0.25, -0.2) is 75.8 Å². The number of alkyl carbamates (subject to hydrolysis) is 2. The van der Waals surface area contributed by atoms with Crippen LogP contribution in [0.5, 0.6) is 34.9 Å². The van der Waals surface area contributed by atoms with Crippen molar-refractivity contribution in [3.63, 3.8) is 0 Å². The van der Waals surface area contributed by atoms with Crippen molar-refractivity contribution < 1.29 is 258 Å². The molecule has 0 saturated heterocycles. The third-order valence-corrected chi connectivity index (χ3v) is 20.0. The van der Waals surface area contributed by atoms with E-state index in [0.717, 1.165) is 87.0 Å². The first kappa shape index (κ1) is 100.0. The Bertz CT molecular complexity index is 5450. The fourth-order valence-electron chi connectivity index (χ4n) is 13.5. The number of pyridine rings is 3. The molecule has 7 aliphatic rings. The second-order valence-electron chi connectivity index (χ2n) is 32.0. The minimum atomic E-state index is -3.70. The Balaban J connectivity index is 0.000000233. The first-order chi connectivity index (χ1) is 59.5. The van der Waals surface area contributed by atoms with Gasteiger partial charge in [0.1, 0.15) is 78.4 Å². The summed E-state index contributed by atoms with van der Waals surface area (Å²) in [5.74, 6) is 3.04. The number of aromatic nitrogens is 12. The number of rotatable bonds is 21. The van der Waals surface area contributed by atoms with E-state index in [2.05, 4.69) is 70.1 Å². The van der Waals surface area contributed by atoms with Gasteiger partial charge in [-0.2, -0.15) is 23.7 Å². The Morgan fingerprint density at radius 3 is 1.68 bits per heavy atom. The van der Waals surface area contributed by atoms with Gasteiger partial charge in [0.2, 0.25) is 17.6 Å². The summed E-state index contributed by atoms with van der Waals surface area (Å²) in [6.07, 6.45) is 20.4. The van der Waals surface area contributed by atoms with Crippen LogP contribution in [-0.2, 0) is 69.0 Å². The van der Waals surface area contributed by atoms with Crippen molar-refractivity contribution in [1.29, 1.82) is 0 Å².